The lowest BCUT2D eigenvalue weighted by Crippen LogP contribution is -1.99. The molecule has 0 N–H and O–H groups in total. The third kappa shape index (κ3) is 2.38. The van der Waals surface area contributed by atoms with Crippen LogP contribution in [0.15, 0.2) is 60.9 Å². The summed E-state index contributed by atoms with van der Waals surface area (Å²) >= 11 is 0. The van der Waals surface area contributed by atoms with Gasteiger partial charge in [-0.05, 0) is 43.7 Å². The van der Waals surface area contributed by atoms with Crippen molar-refractivity contribution in [3.05, 3.63) is 72.2 Å². The van der Waals surface area contributed by atoms with E-state index in [1.165, 1.54) is 0 Å². The van der Waals surface area contributed by atoms with E-state index in [1.54, 1.807) is 18.0 Å². The normalized spacial score (nSPS) is 11.4. The van der Waals surface area contributed by atoms with E-state index in [0.717, 1.165) is 44.9 Å². The van der Waals surface area contributed by atoms with Crippen LogP contribution in [0, 0.1) is 13.8 Å². The van der Waals surface area contributed by atoms with Crippen LogP contribution < -0.4 is 4.74 Å². The Kier molecular flexibility index (Phi) is 3.65. The number of methoxy groups -OCH3 is 1. The average molecular weight is 369 g/mol. The molecule has 0 atom stereocenters. The molecule has 3 heterocycles. The van der Waals surface area contributed by atoms with Gasteiger partial charge in [0.25, 0.3) is 0 Å². The minimum Gasteiger partial charge on any atom is -0.497 e. The summed E-state index contributed by atoms with van der Waals surface area (Å²) in [4.78, 5) is 9.54. The molecule has 6 nitrogen and oxygen atoms in total. The van der Waals surface area contributed by atoms with Crippen LogP contribution in [-0.4, -0.2) is 31.3 Å². The molecular weight excluding hydrogens is 350 g/mol. The van der Waals surface area contributed by atoms with E-state index >= 15 is 0 Å². The smallest absolute Gasteiger partial charge is 0.182 e. The summed E-state index contributed by atoms with van der Waals surface area (Å²) in [5.74, 6) is 1.53. The molecule has 28 heavy (non-hydrogen) atoms. The van der Waals surface area contributed by atoms with E-state index in [9.17, 15) is 0 Å². The van der Waals surface area contributed by atoms with E-state index in [-0.39, 0.29) is 0 Å². The molecular formula is C22H19N5O. The molecule has 6 heteroatoms. The van der Waals surface area contributed by atoms with Gasteiger partial charge in [0.2, 0.25) is 0 Å². The molecule has 0 radical (unpaired) electrons. The van der Waals surface area contributed by atoms with Gasteiger partial charge in [0.15, 0.2) is 17.1 Å². The monoisotopic (exact) mass is 369 g/mol. The van der Waals surface area contributed by atoms with Crippen molar-refractivity contribution in [1.82, 2.24) is 24.1 Å². The predicted octanol–water partition coefficient (Wildman–Crippen LogP) is 4.36. The van der Waals surface area contributed by atoms with Crippen LogP contribution in [0.3, 0.4) is 0 Å². The minimum atomic E-state index is 0.698. The van der Waals surface area contributed by atoms with E-state index in [0.29, 0.717) is 5.82 Å². The summed E-state index contributed by atoms with van der Waals surface area (Å²) in [6.45, 7) is 4.21. The number of nitrogens with zero attached hydrogens (tertiary/aromatic N) is 5. The number of hydrogen-bond donors (Lipinski definition) is 0. The minimum absolute atomic E-state index is 0.698. The molecule has 0 spiro atoms. The first-order valence-corrected chi connectivity index (χ1v) is 9.10. The van der Waals surface area contributed by atoms with Crippen molar-refractivity contribution < 1.29 is 4.74 Å². The second-order valence-electron chi connectivity index (χ2n) is 6.76. The number of hydrogen-bond acceptors (Lipinski definition) is 4. The van der Waals surface area contributed by atoms with Crippen LogP contribution in [-0.2, 0) is 0 Å². The van der Waals surface area contributed by atoms with Crippen molar-refractivity contribution in [1.29, 1.82) is 0 Å². The van der Waals surface area contributed by atoms with E-state index in [4.69, 9.17) is 14.7 Å². The number of aromatic nitrogens is 5. The molecule has 0 aliphatic carbocycles. The Labute approximate surface area is 162 Å². The third-order valence-corrected chi connectivity index (χ3v) is 5.20. The van der Waals surface area contributed by atoms with Gasteiger partial charge in [0.1, 0.15) is 12.1 Å². The van der Waals surface area contributed by atoms with Crippen molar-refractivity contribution in [3.63, 3.8) is 0 Å². The predicted molar refractivity (Wildman–Crippen MR) is 109 cm³/mol. The van der Waals surface area contributed by atoms with Gasteiger partial charge >= 0.3 is 0 Å². The first-order valence-electron chi connectivity index (χ1n) is 9.10. The SMILES string of the molecule is COc1ccc(-n2c(C)c(C)c3c2ncn2nc(-c4ccccc4)nc32)cc1. The highest BCUT2D eigenvalue weighted by atomic mass is 16.5. The number of benzene rings is 2. The average Bonchev–Trinajstić information content (AvgIpc) is 3.28. The van der Waals surface area contributed by atoms with E-state index in [1.807, 2.05) is 54.6 Å². The zero-order chi connectivity index (χ0) is 19.3. The van der Waals surface area contributed by atoms with E-state index < -0.39 is 0 Å². The first-order chi connectivity index (χ1) is 13.7. The zero-order valence-electron chi connectivity index (χ0n) is 15.9. The van der Waals surface area contributed by atoms with Gasteiger partial charge in [-0.2, -0.15) is 0 Å². The highest BCUT2D eigenvalue weighted by Crippen LogP contribution is 2.31. The molecule has 0 aliphatic heterocycles. The Hall–Kier alpha value is -3.67. The van der Waals surface area contributed by atoms with Crippen LogP contribution in [0.2, 0.25) is 0 Å². The summed E-state index contributed by atoms with van der Waals surface area (Å²) in [5.41, 5.74) is 6.00. The highest BCUT2D eigenvalue weighted by molar-refractivity contribution is 5.95. The van der Waals surface area contributed by atoms with Crippen LogP contribution in [0.4, 0.5) is 0 Å². The lowest BCUT2D eigenvalue weighted by atomic mass is 10.2. The van der Waals surface area contributed by atoms with Gasteiger partial charge < -0.3 is 4.74 Å². The van der Waals surface area contributed by atoms with Gasteiger partial charge in [-0.1, -0.05) is 30.3 Å². The maximum Gasteiger partial charge on any atom is 0.182 e. The van der Waals surface area contributed by atoms with Gasteiger partial charge in [-0.25, -0.2) is 14.5 Å². The summed E-state index contributed by atoms with van der Waals surface area (Å²) in [6, 6.07) is 18.0. The van der Waals surface area contributed by atoms with Gasteiger partial charge in [-0.3, -0.25) is 4.57 Å². The topological polar surface area (TPSA) is 57.2 Å². The summed E-state index contributed by atoms with van der Waals surface area (Å²) in [7, 11) is 1.67. The fraction of sp³-hybridized carbons (Fsp3) is 0.136. The van der Waals surface area contributed by atoms with Crippen LogP contribution in [0.5, 0.6) is 5.75 Å². The van der Waals surface area contributed by atoms with Gasteiger partial charge in [0.05, 0.1) is 12.5 Å². The van der Waals surface area contributed by atoms with Crippen LogP contribution in [0.1, 0.15) is 11.3 Å². The highest BCUT2D eigenvalue weighted by Gasteiger charge is 2.19. The maximum absolute atomic E-state index is 5.28. The molecule has 2 aromatic carbocycles. The number of rotatable bonds is 3. The molecule has 0 saturated heterocycles. The first kappa shape index (κ1) is 16.5. The van der Waals surface area contributed by atoms with Crippen LogP contribution in [0.25, 0.3) is 33.8 Å². The Bertz CT molecular complexity index is 1300. The van der Waals surface area contributed by atoms with Crippen molar-refractivity contribution in [2.24, 2.45) is 0 Å². The lowest BCUT2D eigenvalue weighted by Gasteiger charge is -2.08. The largest absolute Gasteiger partial charge is 0.497 e. The summed E-state index contributed by atoms with van der Waals surface area (Å²) in [6.07, 6.45) is 1.73. The quantitative estimate of drug-likeness (QED) is 0.474. The summed E-state index contributed by atoms with van der Waals surface area (Å²) < 4.78 is 9.20. The molecule has 0 unspecified atom stereocenters. The second kappa shape index (κ2) is 6.20. The van der Waals surface area contributed by atoms with Crippen molar-refractivity contribution >= 4 is 16.7 Å². The Morgan fingerprint density at radius 3 is 2.36 bits per heavy atom. The Balaban J connectivity index is 1.76. The van der Waals surface area contributed by atoms with Crippen molar-refractivity contribution in [2.45, 2.75) is 13.8 Å². The van der Waals surface area contributed by atoms with Gasteiger partial charge in [-0.15, -0.1) is 5.10 Å². The number of ether oxygens (including phenoxy) is 1. The molecule has 3 aromatic heterocycles. The van der Waals surface area contributed by atoms with E-state index in [2.05, 4.69) is 23.5 Å². The summed E-state index contributed by atoms with van der Waals surface area (Å²) in [5, 5.41) is 5.64. The Morgan fingerprint density at radius 1 is 0.893 bits per heavy atom. The van der Waals surface area contributed by atoms with Gasteiger partial charge in [0, 0.05) is 16.9 Å². The van der Waals surface area contributed by atoms with Crippen LogP contribution >= 0.6 is 0 Å². The lowest BCUT2D eigenvalue weighted by molar-refractivity contribution is 0.415. The molecule has 0 amide bonds. The molecule has 5 rings (SSSR count). The fourth-order valence-electron chi connectivity index (χ4n) is 3.62. The molecule has 138 valence electrons. The Morgan fingerprint density at radius 2 is 1.64 bits per heavy atom. The third-order valence-electron chi connectivity index (χ3n) is 5.20. The molecule has 5 aromatic rings. The number of aryl methyl sites for hydroxylation is 1. The standard InChI is InChI=1S/C22H19N5O/c1-14-15(2)27(17-9-11-18(28-3)12-10-17)21-19(14)22-24-20(25-26(22)13-23-21)16-7-5-4-6-8-16/h4-13H,1-3H3. The van der Waals surface area contributed by atoms with Crippen molar-refractivity contribution in [2.75, 3.05) is 7.11 Å². The molecule has 0 saturated carbocycles. The van der Waals surface area contributed by atoms with Crippen molar-refractivity contribution in [3.8, 4) is 22.8 Å². The molecule has 0 bridgehead atoms. The maximum atomic E-state index is 5.28. The molecule has 0 aliphatic rings. The number of fused-ring (bicyclic) bond motifs is 3. The zero-order valence-corrected chi connectivity index (χ0v) is 15.9. The second-order valence-corrected chi connectivity index (χ2v) is 6.76. The fourth-order valence-corrected chi connectivity index (χ4v) is 3.62. The molecule has 0 fully saturated rings.